The Hall–Kier alpha value is -4.18. The molecular formula is C25H24N4O6. The maximum absolute atomic E-state index is 12.9. The highest BCUT2D eigenvalue weighted by Gasteiger charge is 2.40. The number of β-amino-alcohol motifs (C(OH)–C–C–N with tert-alkyl or cyclic N) is 1. The standard InChI is InChI=1S/C25H24N4O6/c1-28-20(23(31)29-12-14(30)10-21(29)24(32)33)11-22(27-28)26-25(34)35-13-19-17-8-4-2-6-15(17)16-7-3-5-9-18(16)19/h2-9,11,14,19,21,30H,10,12-13H2,1H3,(H,32,33)(H,26,27,34). The van der Waals surface area contributed by atoms with E-state index in [0.29, 0.717) is 0 Å². The number of fused-ring (bicyclic) bond motifs is 3. The minimum Gasteiger partial charge on any atom is -0.480 e. The number of hydrogen-bond acceptors (Lipinski definition) is 6. The van der Waals surface area contributed by atoms with E-state index < -0.39 is 30.1 Å². The number of carbonyl (C=O) groups excluding carboxylic acids is 2. The molecule has 2 aromatic carbocycles. The molecule has 35 heavy (non-hydrogen) atoms. The summed E-state index contributed by atoms with van der Waals surface area (Å²) in [5.74, 6) is -1.78. The van der Waals surface area contributed by atoms with Gasteiger partial charge in [-0.05, 0) is 22.3 Å². The van der Waals surface area contributed by atoms with Gasteiger partial charge in [0.15, 0.2) is 5.82 Å². The average molecular weight is 476 g/mol. The number of likely N-dealkylation sites (tertiary alicyclic amines) is 1. The van der Waals surface area contributed by atoms with Crippen molar-refractivity contribution in [1.82, 2.24) is 14.7 Å². The van der Waals surface area contributed by atoms with Crippen molar-refractivity contribution in [3.8, 4) is 11.1 Å². The van der Waals surface area contributed by atoms with Crippen molar-refractivity contribution >= 4 is 23.8 Å². The predicted octanol–water partition coefficient (Wildman–Crippen LogP) is 2.44. The van der Waals surface area contributed by atoms with Crippen LogP contribution in [0.4, 0.5) is 10.6 Å². The Bertz CT molecular complexity index is 1270. The summed E-state index contributed by atoms with van der Waals surface area (Å²) in [6.07, 6.45) is -1.67. The number of nitrogens with one attached hydrogen (secondary N) is 1. The summed E-state index contributed by atoms with van der Waals surface area (Å²) >= 11 is 0. The van der Waals surface area contributed by atoms with Crippen molar-refractivity contribution < 1.29 is 29.3 Å². The lowest BCUT2D eigenvalue weighted by Crippen LogP contribution is -2.41. The van der Waals surface area contributed by atoms with Crippen molar-refractivity contribution in [2.75, 3.05) is 18.5 Å². The molecule has 3 N–H and O–H groups in total. The van der Waals surface area contributed by atoms with Crippen LogP contribution in [0.3, 0.4) is 0 Å². The number of rotatable bonds is 5. The zero-order valence-electron chi connectivity index (χ0n) is 18.9. The van der Waals surface area contributed by atoms with E-state index in [1.165, 1.54) is 17.8 Å². The molecule has 180 valence electrons. The van der Waals surface area contributed by atoms with Crippen LogP contribution >= 0.6 is 0 Å². The Kier molecular flexibility index (Phi) is 5.73. The number of aliphatic hydroxyl groups excluding tert-OH is 1. The lowest BCUT2D eigenvalue weighted by atomic mass is 9.98. The van der Waals surface area contributed by atoms with Gasteiger partial charge < -0.3 is 19.8 Å². The number of nitrogens with zero attached hydrogens (tertiary/aromatic N) is 3. The van der Waals surface area contributed by atoms with Crippen LogP contribution in [0.25, 0.3) is 11.1 Å². The van der Waals surface area contributed by atoms with Crippen molar-refractivity contribution in [2.24, 2.45) is 7.05 Å². The summed E-state index contributed by atoms with van der Waals surface area (Å²) in [6.45, 7) is 0.0422. The Labute approximate surface area is 200 Å². The summed E-state index contributed by atoms with van der Waals surface area (Å²) in [5, 5.41) is 25.9. The van der Waals surface area contributed by atoms with Crippen LogP contribution in [0.2, 0.25) is 0 Å². The lowest BCUT2D eigenvalue weighted by Gasteiger charge is -2.20. The van der Waals surface area contributed by atoms with Crippen LogP contribution in [0.15, 0.2) is 54.6 Å². The molecule has 1 aliphatic carbocycles. The van der Waals surface area contributed by atoms with Gasteiger partial charge in [-0.3, -0.25) is 14.8 Å². The third-order valence-corrected chi connectivity index (χ3v) is 6.50. The second-order valence-electron chi connectivity index (χ2n) is 8.69. The van der Waals surface area contributed by atoms with Gasteiger partial charge in [0, 0.05) is 32.0 Å². The van der Waals surface area contributed by atoms with Crippen molar-refractivity contribution in [3.05, 3.63) is 71.4 Å². The first-order valence-corrected chi connectivity index (χ1v) is 11.2. The first-order chi connectivity index (χ1) is 16.8. The largest absolute Gasteiger partial charge is 0.480 e. The monoisotopic (exact) mass is 476 g/mol. The molecule has 10 heteroatoms. The quantitative estimate of drug-likeness (QED) is 0.515. The zero-order valence-corrected chi connectivity index (χ0v) is 18.9. The smallest absolute Gasteiger partial charge is 0.412 e. The number of aliphatic carboxylic acids is 1. The number of hydrogen-bond donors (Lipinski definition) is 3. The molecule has 10 nitrogen and oxygen atoms in total. The summed E-state index contributed by atoms with van der Waals surface area (Å²) in [6, 6.07) is 16.3. The van der Waals surface area contributed by atoms with Crippen molar-refractivity contribution in [2.45, 2.75) is 24.5 Å². The summed E-state index contributed by atoms with van der Waals surface area (Å²) in [7, 11) is 1.51. The molecule has 1 fully saturated rings. The summed E-state index contributed by atoms with van der Waals surface area (Å²) in [4.78, 5) is 38.0. The van der Waals surface area contributed by atoms with E-state index in [4.69, 9.17) is 4.74 Å². The van der Waals surface area contributed by atoms with Crippen LogP contribution < -0.4 is 5.32 Å². The Balaban J connectivity index is 1.26. The van der Waals surface area contributed by atoms with Crippen molar-refractivity contribution in [3.63, 3.8) is 0 Å². The molecule has 1 aromatic heterocycles. The topological polar surface area (TPSA) is 134 Å². The second-order valence-corrected chi connectivity index (χ2v) is 8.69. The van der Waals surface area contributed by atoms with E-state index in [-0.39, 0.29) is 37.0 Å². The fourth-order valence-electron chi connectivity index (χ4n) is 4.89. The second kappa shape index (κ2) is 8.88. The molecule has 3 aromatic rings. The molecule has 5 rings (SSSR count). The molecule has 2 amide bonds. The number of aromatic nitrogens is 2. The van der Waals surface area contributed by atoms with Gasteiger partial charge in [-0.15, -0.1) is 0 Å². The van der Waals surface area contributed by atoms with Crippen LogP contribution in [0.1, 0.15) is 34.0 Å². The molecule has 0 saturated carbocycles. The van der Waals surface area contributed by atoms with Gasteiger partial charge in [0.1, 0.15) is 18.3 Å². The average Bonchev–Trinajstić information content (AvgIpc) is 3.50. The van der Waals surface area contributed by atoms with Gasteiger partial charge >= 0.3 is 12.1 Å². The number of benzene rings is 2. The van der Waals surface area contributed by atoms with E-state index in [0.717, 1.165) is 27.2 Å². The highest BCUT2D eigenvalue weighted by Crippen LogP contribution is 2.44. The van der Waals surface area contributed by atoms with E-state index >= 15 is 0 Å². The van der Waals surface area contributed by atoms with Crippen LogP contribution in [0, 0.1) is 0 Å². The molecule has 2 aliphatic rings. The molecule has 1 aliphatic heterocycles. The lowest BCUT2D eigenvalue weighted by molar-refractivity contribution is -0.141. The van der Waals surface area contributed by atoms with Gasteiger partial charge in [-0.2, -0.15) is 5.10 Å². The Morgan fingerprint density at radius 3 is 2.34 bits per heavy atom. The van der Waals surface area contributed by atoms with Gasteiger partial charge in [-0.25, -0.2) is 9.59 Å². The fourth-order valence-corrected chi connectivity index (χ4v) is 4.89. The SMILES string of the molecule is Cn1nc(NC(=O)OCC2c3ccccc3-c3ccccc32)cc1C(=O)N1CC(O)CC1C(=O)O. The summed E-state index contributed by atoms with van der Waals surface area (Å²) < 4.78 is 6.77. The van der Waals surface area contributed by atoms with Crippen LogP contribution in [-0.2, 0) is 16.6 Å². The van der Waals surface area contributed by atoms with Gasteiger partial charge in [0.05, 0.1) is 6.10 Å². The van der Waals surface area contributed by atoms with E-state index in [9.17, 15) is 24.6 Å². The molecule has 0 spiro atoms. The van der Waals surface area contributed by atoms with Crippen LogP contribution in [-0.4, -0.2) is 68.2 Å². The Morgan fingerprint density at radius 2 is 1.71 bits per heavy atom. The minimum atomic E-state index is -1.19. The summed E-state index contributed by atoms with van der Waals surface area (Å²) in [5.41, 5.74) is 4.51. The van der Waals surface area contributed by atoms with Crippen molar-refractivity contribution in [1.29, 1.82) is 0 Å². The highest BCUT2D eigenvalue weighted by molar-refractivity contribution is 5.97. The molecule has 1 saturated heterocycles. The van der Waals surface area contributed by atoms with Gasteiger partial charge in [0.25, 0.3) is 5.91 Å². The third kappa shape index (κ3) is 4.12. The number of amides is 2. The third-order valence-electron chi connectivity index (χ3n) is 6.50. The number of anilines is 1. The number of carboxylic acids is 1. The molecule has 2 unspecified atom stereocenters. The van der Waals surface area contributed by atoms with Crippen LogP contribution in [0.5, 0.6) is 0 Å². The number of aliphatic hydroxyl groups is 1. The number of aryl methyl sites for hydroxylation is 1. The molecule has 2 atom stereocenters. The Morgan fingerprint density at radius 1 is 1.09 bits per heavy atom. The number of carboxylic acid groups (broad SMARTS) is 1. The minimum absolute atomic E-state index is 0.0379. The fraction of sp³-hybridized carbons (Fsp3) is 0.280. The normalized spacial score (nSPS) is 18.7. The number of carbonyl (C=O) groups is 3. The maximum atomic E-state index is 12.9. The highest BCUT2D eigenvalue weighted by atomic mass is 16.5. The first-order valence-electron chi connectivity index (χ1n) is 11.2. The number of ether oxygens (including phenoxy) is 1. The van der Waals surface area contributed by atoms with Gasteiger partial charge in [0.2, 0.25) is 0 Å². The predicted molar refractivity (Wildman–Crippen MR) is 125 cm³/mol. The molecule has 0 radical (unpaired) electrons. The molecular weight excluding hydrogens is 452 g/mol. The van der Waals surface area contributed by atoms with E-state index in [2.05, 4.69) is 22.5 Å². The molecule has 0 bridgehead atoms. The first kappa shape index (κ1) is 22.6. The van der Waals surface area contributed by atoms with Gasteiger partial charge in [-0.1, -0.05) is 48.5 Å². The molecule has 2 heterocycles. The maximum Gasteiger partial charge on any atom is 0.412 e. The van der Waals surface area contributed by atoms with E-state index in [1.54, 1.807) is 0 Å². The zero-order chi connectivity index (χ0) is 24.7. The van der Waals surface area contributed by atoms with E-state index in [1.807, 2.05) is 36.4 Å².